The van der Waals surface area contributed by atoms with Gasteiger partial charge in [0.25, 0.3) is 0 Å². The number of imidazole rings is 1. The molecule has 0 aliphatic carbocycles. The minimum atomic E-state index is -1.34. The number of aromatic nitrogens is 2. The second kappa shape index (κ2) is 4.97. The standard InChI is InChI=1S/C15H10F2N2O2/c16-9-3-1-2-8(4-9)5-14-18-12-6-10(15(20)21)11(17)7-13(12)19-14/h1-4,6-7H,5H2,(H,18,19)(H,20,21). The van der Waals surface area contributed by atoms with E-state index in [1.54, 1.807) is 12.1 Å². The van der Waals surface area contributed by atoms with E-state index in [2.05, 4.69) is 9.97 Å². The first-order chi connectivity index (χ1) is 10.0. The molecule has 0 fully saturated rings. The van der Waals surface area contributed by atoms with Gasteiger partial charge in [0.15, 0.2) is 0 Å². The Bertz CT molecular complexity index is 843. The van der Waals surface area contributed by atoms with Crippen LogP contribution in [-0.4, -0.2) is 21.0 Å². The van der Waals surface area contributed by atoms with Crippen molar-refractivity contribution < 1.29 is 18.7 Å². The normalized spacial score (nSPS) is 11.0. The molecule has 0 saturated carbocycles. The van der Waals surface area contributed by atoms with Crippen LogP contribution in [0, 0.1) is 11.6 Å². The number of carbonyl (C=O) groups is 1. The monoisotopic (exact) mass is 288 g/mol. The molecule has 106 valence electrons. The molecule has 1 heterocycles. The number of aromatic carboxylic acids is 1. The van der Waals surface area contributed by atoms with Crippen molar-refractivity contribution in [3.8, 4) is 0 Å². The molecule has 0 amide bonds. The molecule has 21 heavy (non-hydrogen) atoms. The number of halogens is 2. The maximum absolute atomic E-state index is 13.6. The zero-order valence-corrected chi connectivity index (χ0v) is 10.7. The van der Waals surface area contributed by atoms with E-state index in [4.69, 9.17) is 5.11 Å². The van der Waals surface area contributed by atoms with Crippen molar-refractivity contribution in [1.82, 2.24) is 9.97 Å². The second-order valence-corrected chi connectivity index (χ2v) is 4.64. The summed E-state index contributed by atoms with van der Waals surface area (Å²) in [5.41, 5.74) is 1.06. The van der Waals surface area contributed by atoms with E-state index in [0.717, 1.165) is 6.07 Å². The van der Waals surface area contributed by atoms with E-state index in [9.17, 15) is 13.6 Å². The summed E-state index contributed by atoms with van der Waals surface area (Å²) in [6.45, 7) is 0. The van der Waals surface area contributed by atoms with Gasteiger partial charge >= 0.3 is 5.97 Å². The van der Waals surface area contributed by atoms with Crippen molar-refractivity contribution in [2.24, 2.45) is 0 Å². The number of nitrogens with one attached hydrogen (secondary N) is 1. The highest BCUT2D eigenvalue weighted by Gasteiger charge is 2.14. The Balaban J connectivity index is 1.99. The summed E-state index contributed by atoms with van der Waals surface area (Å²) in [6, 6.07) is 8.35. The fourth-order valence-corrected chi connectivity index (χ4v) is 2.17. The molecule has 1 aromatic heterocycles. The lowest BCUT2D eigenvalue weighted by Gasteiger charge is -1.97. The molecule has 0 radical (unpaired) electrons. The number of hydrogen-bond acceptors (Lipinski definition) is 2. The quantitative estimate of drug-likeness (QED) is 0.778. The lowest BCUT2D eigenvalue weighted by molar-refractivity contribution is 0.0692. The second-order valence-electron chi connectivity index (χ2n) is 4.64. The third kappa shape index (κ3) is 2.60. The van der Waals surface area contributed by atoms with Crippen LogP contribution >= 0.6 is 0 Å². The highest BCUT2D eigenvalue weighted by Crippen LogP contribution is 2.19. The Morgan fingerprint density at radius 1 is 1.24 bits per heavy atom. The number of carboxylic acid groups (broad SMARTS) is 1. The van der Waals surface area contributed by atoms with E-state index < -0.39 is 17.3 Å². The van der Waals surface area contributed by atoms with Crippen molar-refractivity contribution in [3.63, 3.8) is 0 Å². The fraction of sp³-hybridized carbons (Fsp3) is 0.0667. The molecule has 4 nitrogen and oxygen atoms in total. The molecule has 3 aromatic rings. The summed E-state index contributed by atoms with van der Waals surface area (Å²) in [6.07, 6.45) is 0.344. The van der Waals surface area contributed by atoms with Crippen LogP contribution < -0.4 is 0 Å². The predicted molar refractivity (Wildman–Crippen MR) is 72.2 cm³/mol. The summed E-state index contributed by atoms with van der Waals surface area (Å²) in [4.78, 5) is 18.0. The lowest BCUT2D eigenvalue weighted by atomic mass is 10.1. The topological polar surface area (TPSA) is 66.0 Å². The molecule has 2 aromatic carbocycles. The van der Waals surface area contributed by atoms with Gasteiger partial charge in [-0.25, -0.2) is 18.6 Å². The van der Waals surface area contributed by atoms with Gasteiger partial charge in [-0.2, -0.15) is 0 Å². The van der Waals surface area contributed by atoms with Crippen LogP contribution in [0.25, 0.3) is 11.0 Å². The molecule has 3 rings (SSSR count). The first-order valence-corrected chi connectivity index (χ1v) is 6.19. The van der Waals surface area contributed by atoms with E-state index in [0.29, 0.717) is 28.8 Å². The first kappa shape index (κ1) is 13.2. The Hall–Kier alpha value is -2.76. The maximum atomic E-state index is 13.6. The van der Waals surface area contributed by atoms with Crippen molar-refractivity contribution in [3.05, 3.63) is 65.0 Å². The van der Waals surface area contributed by atoms with Gasteiger partial charge in [-0.3, -0.25) is 0 Å². The molecule has 2 N–H and O–H groups in total. The number of fused-ring (bicyclic) bond motifs is 1. The van der Waals surface area contributed by atoms with Crippen LogP contribution in [-0.2, 0) is 6.42 Å². The van der Waals surface area contributed by atoms with Gasteiger partial charge in [-0.1, -0.05) is 12.1 Å². The Morgan fingerprint density at radius 3 is 2.76 bits per heavy atom. The third-order valence-corrected chi connectivity index (χ3v) is 3.11. The van der Waals surface area contributed by atoms with E-state index >= 15 is 0 Å². The SMILES string of the molecule is O=C(O)c1cc2nc(Cc3cccc(F)c3)[nH]c2cc1F. The smallest absolute Gasteiger partial charge is 0.338 e. The summed E-state index contributed by atoms with van der Waals surface area (Å²) < 4.78 is 26.7. The minimum absolute atomic E-state index is 0.344. The summed E-state index contributed by atoms with van der Waals surface area (Å²) >= 11 is 0. The predicted octanol–water partition coefficient (Wildman–Crippen LogP) is 3.13. The molecule has 6 heteroatoms. The number of rotatable bonds is 3. The number of hydrogen-bond donors (Lipinski definition) is 2. The van der Waals surface area contributed by atoms with Crippen LogP contribution in [0.4, 0.5) is 8.78 Å². The van der Waals surface area contributed by atoms with Gasteiger partial charge in [0.1, 0.15) is 17.5 Å². The molecule has 0 aliphatic rings. The Kier molecular flexibility index (Phi) is 3.13. The van der Waals surface area contributed by atoms with Crippen molar-refractivity contribution in [2.75, 3.05) is 0 Å². The Morgan fingerprint density at radius 2 is 2.05 bits per heavy atom. The molecular formula is C15H10F2N2O2. The largest absolute Gasteiger partial charge is 0.478 e. The number of H-pyrrole nitrogens is 1. The van der Waals surface area contributed by atoms with Gasteiger partial charge in [0.2, 0.25) is 0 Å². The third-order valence-electron chi connectivity index (χ3n) is 3.11. The van der Waals surface area contributed by atoms with Crippen LogP contribution in [0.15, 0.2) is 36.4 Å². The zero-order chi connectivity index (χ0) is 15.0. The first-order valence-electron chi connectivity index (χ1n) is 6.19. The Labute approximate surface area is 118 Å². The average Bonchev–Trinajstić information content (AvgIpc) is 2.78. The van der Waals surface area contributed by atoms with Crippen LogP contribution in [0.2, 0.25) is 0 Å². The van der Waals surface area contributed by atoms with Gasteiger partial charge in [0, 0.05) is 12.5 Å². The molecule has 0 aliphatic heterocycles. The lowest BCUT2D eigenvalue weighted by Crippen LogP contribution is -1.99. The highest BCUT2D eigenvalue weighted by molar-refractivity contribution is 5.92. The molecule has 0 atom stereocenters. The molecule has 0 unspecified atom stereocenters. The van der Waals surface area contributed by atoms with E-state index in [1.165, 1.54) is 18.2 Å². The van der Waals surface area contributed by atoms with Gasteiger partial charge in [0.05, 0.1) is 16.6 Å². The van der Waals surface area contributed by atoms with Gasteiger partial charge in [-0.05, 0) is 23.8 Å². The number of carboxylic acids is 1. The molecular weight excluding hydrogens is 278 g/mol. The zero-order valence-electron chi connectivity index (χ0n) is 10.7. The number of nitrogens with zero attached hydrogens (tertiary/aromatic N) is 1. The van der Waals surface area contributed by atoms with Crippen LogP contribution in [0.1, 0.15) is 21.7 Å². The van der Waals surface area contributed by atoms with Crippen LogP contribution in [0.5, 0.6) is 0 Å². The molecule has 0 bridgehead atoms. The van der Waals surface area contributed by atoms with Gasteiger partial charge in [-0.15, -0.1) is 0 Å². The fourth-order valence-electron chi connectivity index (χ4n) is 2.17. The number of aromatic amines is 1. The van der Waals surface area contributed by atoms with E-state index in [1.807, 2.05) is 0 Å². The summed E-state index contributed by atoms with van der Waals surface area (Å²) in [5, 5.41) is 8.88. The van der Waals surface area contributed by atoms with Crippen molar-refractivity contribution >= 4 is 17.0 Å². The van der Waals surface area contributed by atoms with Crippen LogP contribution in [0.3, 0.4) is 0 Å². The average molecular weight is 288 g/mol. The number of benzene rings is 2. The maximum Gasteiger partial charge on any atom is 0.338 e. The molecule has 0 saturated heterocycles. The summed E-state index contributed by atoms with van der Waals surface area (Å²) in [5.74, 6) is -2.00. The van der Waals surface area contributed by atoms with Crippen molar-refractivity contribution in [1.29, 1.82) is 0 Å². The minimum Gasteiger partial charge on any atom is -0.478 e. The molecule has 0 spiro atoms. The summed E-state index contributed by atoms with van der Waals surface area (Å²) in [7, 11) is 0. The van der Waals surface area contributed by atoms with Gasteiger partial charge < -0.3 is 10.1 Å². The van der Waals surface area contributed by atoms with Crippen molar-refractivity contribution in [2.45, 2.75) is 6.42 Å². The van der Waals surface area contributed by atoms with E-state index in [-0.39, 0.29) is 5.82 Å². The highest BCUT2D eigenvalue weighted by atomic mass is 19.1.